The number of rotatable bonds is 4. The molecule has 1 saturated heterocycles. The summed E-state index contributed by atoms with van der Waals surface area (Å²) in [5.74, 6) is -0.0460. The lowest BCUT2D eigenvalue weighted by atomic mass is 10.0. The highest BCUT2D eigenvalue weighted by molar-refractivity contribution is 6.30. The molecule has 0 aliphatic carbocycles. The maximum absolute atomic E-state index is 12.2. The Labute approximate surface area is 124 Å². The fraction of sp³-hybridized carbons (Fsp3) is 0.467. The van der Waals surface area contributed by atoms with E-state index >= 15 is 0 Å². The van der Waals surface area contributed by atoms with Crippen molar-refractivity contribution >= 4 is 23.4 Å². The van der Waals surface area contributed by atoms with Gasteiger partial charge in [0.2, 0.25) is 11.8 Å². The first-order chi connectivity index (χ1) is 9.56. The fourth-order valence-corrected chi connectivity index (χ4v) is 2.59. The van der Waals surface area contributed by atoms with Gasteiger partial charge in [-0.15, -0.1) is 0 Å². The zero-order valence-electron chi connectivity index (χ0n) is 11.6. The van der Waals surface area contributed by atoms with Crippen molar-refractivity contribution in [1.29, 1.82) is 0 Å². The minimum atomic E-state index is -0.294. The number of carbonyl (C=O) groups is 2. The van der Waals surface area contributed by atoms with Crippen LogP contribution in [0.25, 0.3) is 0 Å². The van der Waals surface area contributed by atoms with E-state index < -0.39 is 0 Å². The molecule has 2 rings (SSSR count). The summed E-state index contributed by atoms with van der Waals surface area (Å²) >= 11 is 5.87. The Kier molecular flexibility index (Phi) is 5.01. The predicted molar refractivity (Wildman–Crippen MR) is 78.4 cm³/mol. The molecule has 1 aromatic carbocycles. The highest BCUT2D eigenvalue weighted by atomic mass is 35.5. The Morgan fingerprint density at radius 1 is 1.25 bits per heavy atom. The van der Waals surface area contributed by atoms with E-state index in [2.05, 4.69) is 5.32 Å². The van der Waals surface area contributed by atoms with Gasteiger partial charge in [-0.25, -0.2) is 0 Å². The first-order valence-corrected chi connectivity index (χ1v) is 7.24. The number of halogens is 1. The predicted octanol–water partition coefficient (Wildman–Crippen LogP) is 2.53. The Bertz CT molecular complexity index is 481. The van der Waals surface area contributed by atoms with Crippen LogP contribution >= 0.6 is 11.6 Å². The molecule has 0 spiro atoms. The molecular formula is C15H19ClN2O2. The van der Waals surface area contributed by atoms with Crippen molar-refractivity contribution in [2.75, 3.05) is 13.1 Å². The smallest absolute Gasteiger partial charge is 0.224 e. The number of nitrogens with zero attached hydrogens (tertiary/aromatic N) is 1. The Morgan fingerprint density at radius 2 is 1.85 bits per heavy atom. The van der Waals surface area contributed by atoms with Gasteiger partial charge in [0, 0.05) is 25.0 Å². The maximum Gasteiger partial charge on any atom is 0.224 e. The van der Waals surface area contributed by atoms with Crippen LogP contribution in [0.2, 0.25) is 5.02 Å². The lowest BCUT2D eigenvalue weighted by Crippen LogP contribution is -2.34. The van der Waals surface area contributed by atoms with Gasteiger partial charge in [-0.1, -0.05) is 23.7 Å². The Balaban J connectivity index is 2.08. The Hall–Kier alpha value is -1.55. The quantitative estimate of drug-likeness (QED) is 0.928. The van der Waals surface area contributed by atoms with Crippen LogP contribution in [0.3, 0.4) is 0 Å². The van der Waals surface area contributed by atoms with Crippen molar-refractivity contribution in [3.8, 4) is 0 Å². The summed E-state index contributed by atoms with van der Waals surface area (Å²) < 4.78 is 0. The summed E-state index contributed by atoms with van der Waals surface area (Å²) in [5.41, 5.74) is 0.900. The van der Waals surface area contributed by atoms with Gasteiger partial charge < -0.3 is 10.2 Å². The van der Waals surface area contributed by atoms with Crippen LogP contribution in [0, 0.1) is 0 Å². The molecule has 0 bridgehead atoms. The standard InChI is InChI=1S/C15H19ClN2O2/c1-11(19)17-14(12-4-6-13(16)7-5-12)10-15(20)18-8-2-3-9-18/h4-7,14H,2-3,8-10H2,1H3,(H,17,19). The van der Waals surface area contributed by atoms with Gasteiger partial charge in [0.05, 0.1) is 12.5 Å². The van der Waals surface area contributed by atoms with E-state index in [-0.39, 0.29) is 17.9 Å². The molecule has 1 unspecified atom stereocenters. The second kappa shape index (κ2) is 6.75. The summed E-state index contributed by atoms with van der Waals surface area (Å²) in [4.78, 5) is 25.4. The summed E-state index contributed by atoms with van der Waals surface area (Å²) in [7, 11) is 0. The average molecular weight is 295 g/mol. The van der Waals surface area contributed by atoms with E-state index in [1.807, 2.05) is 17.0 Å². The van der Waals surface area contributed by atoms with Crippen molar-refractivity contribution in [3.63, 3.8) is 0 Å². The number of hydrogen-bond donors (Lipinski definition) is 1. The third-order valence-corrected chi connectivity index (χ3v) is 3.74. The molecular weight excluding hydrogens is 276 g/mol. The van der Waals surface area contributed by atoms with Crippen LogP contribution < -0.4 is 5.32 Å². The largest absolute Gasteiger partial charge is 0.349 e. The van der Waals surface area contributed by atoms with Gasteiger partial charge in [0.1, 0.15) is 0 Å². The summed E-state index contributed by atoms with van der Waals surface area (Å²) in [6.07, 6.45) is 2.43. The van der Waals surface area contributed by atoms with Crippen LogP contribution in [0.5, 0.6) is 0 Å². The highest BCUT2D eigenvalue weighted by Gasteiger charge is 2.23. The molecule has 2 amide bonds. The zero-order valence-corrected chi connectivity index (χ0v) is 12.3. The molecule has 1 aliphatic rings. The SMILES string of the molecule is CC(=O)NC(CC(=O)N1CCCC1)c1ccc(Cl)cc1. The van der Waals surface area contributed by atoms with E-state index in [0.29, 0.717) is 11.4 Å². The molecule has 5 heteroatoms. The van der Waals surface area contributed by atoms with Gasteiger partial charge in [-0.2, -0.15) is 0 Å². The Morgan fingerprint density at radius 3 is 2.40 bits per heavy atom. The number of hydrogen-bond acceptors (Lipinski definition) is 2. The second-order valence-electron chi connectivity index (χ2n) is 5.10. The van der Waals surface area contributed by atoms with Crippen molar-refractivity contribution in [2.45, 2.75) is 32.2 Å². The lowest BCUT2D eigenvalue weighted by Gasteiger charge is -2.22. The third-order valence-electron chi connectivity index (χ3n) is 3.49. The van der Waals surface area contributed by atoms with Crippen LogP contribution in [0.4, 0.5) is 0 Å². The van der Waals surface area contributed by atoms with E-state index in [0.717, 1.165) is 31.5 Å². The summed E-state index contributed by atoms with van der Waals surface area (Å²) in [6.45, 7) is 3.11. The van der Waals surface area contributed by atoms with E-state index in [1.165, 1.54) is 6.92 Å². The van der Waals surface area contributed by atoms with Gasteiger partial charge in [-0.3, -0.25) is 9.59 Å². The average Bonchev–Trinajstić information content (AvgIpc) is 2.92. The van der Waals surface area contributed by atoms with Gasteiger partial charge in [0.25, 0.3) is 0 Å². The van der Waals surface area contributed by atoms with Gasteiger partial charge in [0.15, 0.2) is 0 Å². The third kappa shape index (κ3) is 3.97. The van der Waals surface area contributed by atoms with Crippen LogP contribution in [0.15, 0.2) is 24.3 Å². The maximum atomic E-state index is 12.2. The van der Waals surface area contributed by atoms with Crippen molar-refractivity contribution in [3.05, 3.63) is 34.9 Å². The van der Waals surface area contributed by atoms with Crippen LogP contribution in [-0.4, -0.2) is 29.8 Å². The van der Waals surface area contributed by atoms with Crippen LogP contribution in [-0.2, 0) is 9.59 Å². The molecule has 1 heterocycles. The number of likely N-dealkylation sites (tertiary alicyclic amines) is 1. The molecule has 0 saturated carbocycles. The van der Waals surface area contributed by atoms with Crippen molar-refractivity contribution in [2.24, 2.45) is 0 Å². The molecule has 20 heavy (non-hydrogen) atoms. The minimum absolute atomic E-state index is 0.0937. The van der Waals surface area contributed by atoms with E-state index in [4.69, 9.17) is 11.6 Å². The number of amides is 2. The van der Waals surface area contributed by atoms with Crippen molar-refractivity contribution in [1.82, 2.24) is 10.2 Å². The molecule has 1 aliphatic heterocycles. The summed E-state index contributed by atoms with van der Waals surface area (Å²) in [6, 6.07) is 6.94. The van der Waals surface area contributed by atoms with E-state index in [9.17, 15) is 9.59 Å². The normalized spacial score (nSPS) is 16.0. The molecule has 1 aromatic rings. The number of nitrogens with one attached hydrogen (secondary N) is 1. The van der Waals surface area contributed by atoms with Gasteiger partial charge >= 0.3 is 0 Å². The highest BCUT2D eigenvalue weighted by Crippen LogP contribution is 2.21. The van der Waals surface area contributed by atoms with E-state index in [1.54, 1.807) is 12.1 Å². The second-order valence-corrected chi connectivity index (χ2v) is 5.53. The molecule has 108 valence electrons. The molecule has 0 radical (unpaired) electrons. The number of carbonyl (C=O) groups excluding carboxylic acids is 2. The first kappa shape index (κ1) is 14.9. The molecule has 1 fully saturated rings. The van der Waals surface area contributed by atoms with Crippen molar-refractivity contribution < 1.29 is 9.59 Å². The zero-order chi connectivity index (χ0) is 14.5. The molecule has 4 nitrogen and oxygen atoms in total. The minimum Gasteiger partial charge on any atom is -0.349 e. The fourth-order valence-electron chi connectivity index (χ4n) is 2.46. The molecule has 0 aromatic heterocycles. The first-order valence-electron chi connectivity index (χ1n) is 6.86. The topological polar surface area (TPSA) is 49.4 Å². The lowest BCUT2D eigenvalue weighted by molar-refractivity contribution is -0.131. The summed E-state index contributed by atoms with van der Waals surface area (Å²) in [5, 5.41) is 3.48. The monoisotopic (exact) mass is 294 g/mol. The van der Waals surface area contributed by atoms with Gasteiger partial charge in [-0.05, 0) is 30.5 Å². The molecule has 1 atom stereocenters. The number of benzene rings is 1. The van der Waals surface area contributed by atoms with Crippen LogP contribution in [0.1, 0.15) is 37.8 Å². The molecule has 1 N–H and O–H groups in total.